The lowest BCUT2D eigenvalue weighted by molar-refractivity contribution is 0.243. The highest BCUT2D eigenvalue weighted by atomic mass is 32.2. The van der Waals surface area contributed by atoms with Gasteiger partial charge in [0, 0.05) is 23.7 Å². The number of nitrogens with one attached hydrogen (secondary N) is 2. The van der Waals surface area contributed by atoms with Crippen LogP contribution in [-0.2, 0) is 0 Å². The minimum Gasteiger partial charge on any atom is -0.337 e. The molecule has 5 heteroatoms. The molecule has 0 aliphatic rings. The van der Waals surface area contributed by atoms with E-state index in [0.717, 1.165) is 25.3 Å². The summed E-state index contributed by atoms with van der Waals surface area (Å²) >= 11 is 1.69. The Kier molecular flexibility index (Phi) is 10.6. The van der Waals surface area contributed by atoms with Gasteiger partial charge in [0.2, 0.25) is 0 Å². The fourth-order valence-electron chi connectivity index (χ4n) is 2.28. The average molecular weight is 338 g/mol. The molecule has 0 spiro atoms. The molecule has 1 aromatic carbocycles. The summed E-state index contributed by atoms with van der Waals surface area (Å²) < 4.78 is 0. The smallest absolute Gasteiger partial charge is 0.319 e. The number of hydrogen-bond donors (Lipinski definition) is 2. The number of rotatable bonds is 11. The molecule has 130 valence electrons. The summed E-state index contributed by atoms with van der Waals surface area (Å²) in [5, 5.41) is 5.82. The maximum atomic E-state index is 11.9. The standard InChI is InChI=1S/C18H31N3OS/c1-4-6-13-21(14-7-5-2)15-12-19-18(22)20-16-8-10-17(23-3)11-9-16/h8-11H,4-7,12-15H2,1-3H3,(H2,19,20,22). The van der Waals surface area contributed by atoms with E-state index in [-0.39, 0.29) is 6.03 Å². The number of urea groups is 1. The van der Waals surface area contributed by atoms with Gasteiger partial charge in [-0.2, -0.15) is 0 Å². The van der Waals surface area contributed by atoms with Crippen LogP contribution in [0, 0.1) is 0 Å². The van der Waals surface area contributed by atoms with Crippen LogP contribution in [0.15, 0.2) is 29.2 Å². The fraction of sp³-hybridized carbons (Fsp3) is 0.611. The van der Waals surface area contributed by atoms with Crippen LogP contribution in [0.4, 0.5) is 10.5 Å². The lowest BCUT2D eigenvalue weighted by Crippen LogP contribution is -2.37. The van der Waals surface area contributed by atoms with Crippen molar-refractivity contribution >= 4 is 23.5 Å². The van der Waals surface area contributed by atoms with E-state index in [1.54, 1.807) is 11.8 Å². The molecule has 4 nitrogen and oxygen atoms in total. The largest absolute Gasteiger partial charge is 0.337 e. The molecule has 2 amide bonds. The van der Waals surface area contributed by atoms with E-state index in [9.17, 15) is 4.79 Å². The minimum absolute atomic E-state index is 0.132. The van der Waals surface area contributed by atoms with E-state index in [0.29, 0.717) is 6.54 Å². The summed E-state index contributed by atoms with van der Waals surface area (Å²) in [6.45, 7) is 8.27. The highest BCUT2D eigenvalue weighted by Gasteiger charge is 2.05. The van der Waals surface area contributed by atoms with Crippen LogP contribution in [0.1, 0.15) is 39.5 Å². The number of anilines is 1. The van der Waals surface area contributed by atoms with E-state index in [1.807, 2.05) is 30.5 Å². The van der Waals surface area contributed by atoms with Crippen molar-refractivity contribution in [2.45, 2.75) is 44.4 Å². The average Bonchev–Trinajstić information content (AvgIpc) is 2.57. The van der Waals surface area contributed by atoms with Crippen LogP contribution < -0.4 is 10.6 Å². The van der Waals surface area contributed by atoms with Gasteiger partial charge in [-0.25, -0.2) is 4.79 Å². The normalized spacial score (nSPS) is 10.8. The maximum absolute atomic E-state index is 11.9. The van der Waals surface area contributed by atoms with Crippen LogP contribution in [0.2, 0.25) is 0 Å². The SMILES string of the molecule is CCCCN(CCCC)CCNC(=O)Nc1ccc(SC)cc1. The van der Waals surface area contributed by atoms with Gasteiger partial charge in [0.1, 0.15) is 0 Å². The third kappa shape index (κ3) is 8.86. The van der Waals surface area contributed by atoms with Gasteiger partial charge in [-0.3, -0.25) is 0 Å². The summed E-state index contributed by atoms with van der Waals surface area (Å²) in [4.78, 5) is 15.6. The van der Waals surface area contributed by atoms with Crippen molar-refractivity contribution < 1.29 is 4.79 Å². The molecular weight excluding hydrogens is 306 g/mol. The van der Waals surface area contributed by atoms with E-state index >= 15 is 0 Å². The fourth-order valence-corrected chi connectivity index (χ4v) is 2.68. The Balaban J connectivity index is 2.29. The van der Waals surface area contributed by atoms with Crippen LogP contribution in [0.5, 0.6) is 0 Å². The Morgan fingerprint density at radius 1 is 1.04 bits per heavy atom. The first-order valence-electron chi connectivity index (χ1n) is 8.60. The van der Waals surface area contributed by atoms with Gasteiger partial charge in [-0.1, -0.05) is 26.7 Å². The van der Waals surface area contributed by atoms with Crippen molar-refractivity contribution in [3.8, 4) is 0 Å². The second-order valence-electron chi connectivity index (χ2n) is 5.66. The topological polar surface area (TPSA) is 44.4 Å². The van der Waals surface area contributed by atoms with Crippen molar-refractivity contribution in [3.05, 3.63) is 24.3 Å². The number of thioether (sulfide) groups is 1. The zero-order valence-electron chi connectivity index (χ0n) is 14.7. The van der Waals surface area contributed by atoms with Crippen molar-refractivity contribution in [2.75, 3.05) is 37.8 Å². The van der Waals surface area contributed by atoms with Gasteiger partial charge in [0.25, 0.3) is 0 Å². The molecule has 0 aliphatic carbocycles. The molecule has 0 saturated carbocycles. The van der Waals surface area contributed by atoms with Crippen LogP contribution >= 0.6 is 11.8 Å². The molecule has 0 aliphatic heterocycles. The summed E-state index contributed by atoms with van der Waals surface area (Å²) in [5.41, 5.74) is 0.828. The Labute approximate surface area is 145 Å². The summed E-state index contributed by atoms with van der Waals surface area (Å²) in [7, 11) is 0. The lowest BCUT2D eigenvalue weighted by Gasteiger charge is -2.22. The molecule has 0 bridgehead atoms. The molecule has 0 radical (unpaired) electrons. The summed E-state index contributed by atoms with van der Waals surface area (Å²) in [6, 6.07) is 7.75. The summed E-state index contributed by atoms with van der Waals surface area (Å²) in [5.74, 6) is 0. The van der Waals surface area contributed by atoms with Crippen LogP contribution in [0.3, 0.4) is 0 Å². The van der Waals surface area contributed by atoms with E-state index in [4.69, 9.17) is 0 Å². The number of carbonyl (C=O) groups excluding carboxylic acids is 1. The summed E-state index contributed by atoms with van der Waals surface area (Å²) in [6.07, 6.45) is 6.90. The van der Waals surface area contributed by atoms with Crippen molar-refractivity contribution in [1.82, 2.24) is 10.2 Å². The van der Waals surface area contributed by atoms with Crippen molar-refractivity contribution in [2.24, 2.45) is 0 Å². The monoisotopic (exact) mass is 337 g/mol. The second kappa shape index (κ2) is 12.3. The van der Waals surface area contributed by atoms with Gasteiger partial charge in [0.15, 0.2) is 0 Å². The molecule has 0 atom stereocenters. The molecule has 23 heavy (non-hydrogen) atoms. The van der Waals surface area contributed by atoms with E-state index in [1.165, 1.54) is 30.6 Å². The number of nitrogens with zero attached hydrogens (tertiary/aromatic N) is 1. The second-order valence-corrected chi connectivity index (χ2v) is 6.54. The number of hydrogen-bond acceptors (Lipinski definition) is 3. The Hall–Kier alpha value is -1.20. The predicted octanol–water partition coefficient (Wildman–Crippen LogP) is 4.43. The molecule has 1 rings (SSSR count). The van der Waals surface area contributed by atoms with E-state index < -0.39 is 0 Å². The number of benzene rings is 1. The molecule has 0 fully saturated rings. The minimum atomic E-state index is -0.132. The van der Waals surface area contributed by atoms with Gasteiger partial charge in [-0.05, 0) is 56.5 Å². The maximum Gasteiger partial charge on any atom is 0.319 e. The predicted molar refractivity (Wildman–Crippen MR) is 102 cm³/mol. The zero-order valence-corrected chi connectivity index (χ0v) is 15.5. The Bertz CT molecular complexity index is 428. The molecule has 0 saturated heterocycles. The van der Waals surface area contributed by atoms with Crippen molar-refractivity contribution in [3.63, 3.8) is 0 Å². The third-order valence-corrected chi connectivity index (χ3v) is 4.46. The van der Waals surface area contributed by atoms with Gasteiger partial charge >= 0.3 is 6.03 Å². The Morgan fingerprint density at radius 2 is 1.65 bits per heavy atom. The lowest BCUT2D eigenvalue weighted by atomic mass is 10.2. The molecular formula is C18H31N3OS. The zero-order chi connectivity index (χ0) is 16.9. The first kappa shape index (κ1) is 19.8. The third-order valence-electron chi connectivity index (χ3n) is 3.72. The number of amides is 2. The van der Waals surface area contributed by atoms with Crippen LogP contribution in [0.25, 0.3) is 0 Å². The first-order chi connectivity index (χ1) is 11.2. The highest BCUT2D eigenvalue weighted by Crippen LogP contribution is 2.17. The molecule has 0 unspecified atom stereocenters. The van der Waals surface area contributed by atoms with Gasteiger partial charge in [-0.15, -0.1) is 11.8 Å². The molecule has 0 heterocycles. The van der Waals surface area contributed by atoms with E-state index in [2.05, 4.69) is 29.4 Å². The molecule has 2 N–H and O–H groups in total. The Morgan fingerprint density at radius 3 is 2.17 bits per heavy atom. The number of carbonyl (C=O) groups is 1. The van der Waals surface area contributed by atoms with Crippen molar-refractivity contribution in [1.29, 1.82) is 0 Å². The quantitative estimate of drug-likeness (QED) is 0.587. The van der Waals surface area contributed by atoms with Crippen LogP contribution in [-0.4, -0.2) is 43.4 Å². The molecule has 0 aromatic heterocycles. The van der Waals surface area contributed by atoms with Gasteiger partial charge < -0.3 is 15.5 Å². The number of unbranched alkanes of at least 4 members (excludes halogenated alkanes) is 2. The van der Waals surface area contributed by atoms with Gasteiger partial charge in [0.05, 0.1) is 0 Å². The first-order valence-corrected chi connectivity index (χ1v) is 9.83. The molecule has 1 aromatic rings. The highest BCUT2D eigenvalue weighted by molar-refractivity contribution is 7.98.